The summed E-state index contributed by atoms with van der Waals surface area (Å²) >= 11 is 5.81. The van der Waals surface area contributed by atoms with Crippen LogP contribution >= 0.6 is 11.6 Å². The maximum absolute atomic E-state index is 12.0. The quantitative estimate of drug-likeness (QED) is 0.859. The summed E-state index contributed by atoms with van der Waals surface area (Å²) in [5.74, 6) is -1.02. The number of carbonyl (C=O) groups is 3. The highest BCUT2D eigenvalue weighted by molar-refractivity contribution is 6.30. The highest BCUT2D eigenvalue weighted by Crippen LogP contribution is 2.18. The predicted molar refractivity (Wildman–Crippen MR) is 70.6 cm³/mol. The lowest BCUT2D eigenvalue weighted by molar-refractivity contribution is -0.144. The van der Waals surface area contributed by atoms with Crippen LogP contribution in [0.5, 0.6) is 0 Å². The molecule has 2 rings (SSSR count). The number of halogens is 1. The Labute approximate surface area is 115 Å². The van der Waals surface area contributed by atoms with E-state index >= 15 is 0 Å². The van der Waals surface area contributed by atoms with Gasteiger partial charge in [-0.05, 0) is 25.1 Å². The van der Waals surface area contributed by atoms with Crippen molar-refractivity contribution in [2.24, 2.45) is 0 Å². The summed E-state index contributed by atoms with van der Waals surface area (Å²) in [6.45, 7) is 1.53. The molecular weight excluding hydrogens is 268 g/mol. The Morgan fingerprint density at radius 2 is 1.95 bits per heavy atom. The van der Waals surface area contributed by atoms with Crippen molar-refractivity contribution in [1.29, 1.82) is 0 Å². The van der Waals surface area contributed by atoms with E-state index in [1.165, 1.54) is 6.92 Å². The van der Waals surface area contributed by atoms with Gasteiger partial charge in [0.1, 0.15) is 6.04 Å². The number of benzene rings is 1. The van der Waals surface area contributed by atoms with Gasteiger partial charge in [0.2, 0.25) is 17.7 Å². The van der Waals surface area contributed by atoms with Crippen molar-refractivity contribution in [2.45, 2.75) is 25.8 Å². The van der Waals surface area contributed by atoms with E-state index in [9.17, 15) is 14.4 Å². The van der Waals surface area contributed by atoms with Crippen LogP contribution in [0, 0.1) is 0 Å². The van der Waals surface area contributed by atoms with Gasteiger partial charge < -0.3 is 5.32 Å². The van der Waals surface area contributed by atoms with Gasteiger partial charge in [0.25, 0.3) is 0 Å². The number of nitrogens with zero attached hydrogens (tertiary/aromatic N) is 1. The summed E-state index contributed by atoms with van der Waals surface area (Å²) in [7, 11) is 0. The van der Waals surface area contributed by atoms with Gasteiger partial charge in [-0.3, -0.25) is 19.3 Å². The summed E-state index contributed by atoms with van der Waals surface area (Å²) < 4.78 is 0. The third kappa shape index (κ3) is 2.93. The third-order valence-electron chi connectivity index (χ3n) is 2.95. The second-order valence-electron chi connectivity index (χ2n) is 4.33. The molecule has 0 aliphatic carbocycles. The number of likely N-dealkylation sites (tertiary alicyclic amines) is 1. The van der Waals surface area contributed by atoms with Gasteiger partial charge in [-0.1, -0.05) is 17.7 Å². The first kappa shape index (κ1) is 13.5. The van der Waals surface area contributed by atoms with Gasteiger partial charge in [0.05, 0.1) is 0 Å². The monoisotopic (exact) mass is 280 g/mol. The normalized spacial score (nSPS) is 16.6. The molecule has 0 unspecified atom stereocenters. The highest BCUT2D eigenvalue weighted by atomic mass is 35.5. The van der Waals surface area contributed by atoms with Gasteiger partial charge in [0, 0.05) is 23.6 Å². The first-order chi connectivity index (χ1) is 8.99. The molecule has 1 aromatic carbocycles. The van der Waals surface area contributed by atoms with Gasteiger partial charge in [-0.25, -0.2) is 0 Å². The lowest BCUT2D eigenvalue weighted by atomic mass is 10.2. The average Bonchev–Trinajstić information content (AvgIpc) is 2.68. The van der Waals surface area contributed by atoms with Crippen LogP contribution in [0.4, 0.5) is 5.69 Å². The minimum atomic E-state index is -0.818. The van der Waals surface area contributed by atoms with Crippen molar-refractivity contribution in [3.05, 3.63) is 29.3 Å². The van der Waals surface area contributed by atoms with E-state index in [2.05, 4.69) is 5.32 Å². The number of amides is 3. The number of hydrogen-bond donors (Lipinski definition) is 1. The van der Waals surface area contributed by atoms with Gasteiger partial charge in [0.15, 0.2) is 0 Å². The molecule has 1 atom stereocenters. The highest BCUT2D eigenvalue weighted by Gasteiger charge is 2.36. The molecule has 1 heterocycles. The van der Waals surface area contributed by atoms with Crippen LogP contribution < -0.4 is 5.32 Å². The summed E-state index contributed by atoms with van der Waals surface area (Å²) in [5, 5.41) is 3.13. The Hall–Kier alpha value is -1.88. The molecule has 1 aromatic rings. The molecule has 0 radical (unpaired) electrons. The Kier molecular flexibility index (Phi) is 3.85. The average molecular weight is 281 g/mol. The van der Waals surface area contributed by atoms with E-state index in [1.54, 1.807) is 24.3 Å². The maximum atomic E-state index is 12.0. The van der Waals surface area contributed by atoms with E-state index in [4.69, 9.17) is 11.6 Å². The lowest BCUT2D eigenvalue weighted by Gasteiger charge is -2.21. The van der Waals surface area contributed by atoms with Crippen molar-refractivity contribution < 1.29 is 14.4 Å². The molecule has 100 valence electrons. The Morgan fingerprint density at radius 1 is 1.32 bits per heavy atom. The standard InChI is InChI=1S/C13H13ClN2O3/c1-8(16-11(17)5-6-12(16)18)13(19)15-10-4-2-3-9(14)7-10/h2-4,7-8H,5-6H2,1H3,(H,15,19)/t8-/m0/s1. The number of anilines is 1. The van der Waals surface area contributed by atoms with Crippen LogP contribution in [0.15, 0.2) is 24.3 Å². The van der Waals surface area contributed by atoms with Gasteiger partial charge >= 0.3 is 0 Å². The van der Waals surface area contributed by atoms with Crippen molar-refractivity contribution >= 4 is 35.0 Å². The number of imide groups is 1. The SMILES string of the molecule is C[C@@H](C(=O)Nc1cccc(Cl)c1)N1C(=O)CCC1=O. The number of rotatable bonds is 3. The minimum absolute atomic E-state index is 0.174. The summed E-state index contributed by atoms with van der Waals surface area (Å²) in [6, 6.07) is 5.86. The zero-order valence-electron chi connectivity index (χ0n) is 10.4. The largest absolute Gasteiger partial charge is 0.324 e. The van der Waals surface area contributed by atoms with Crippen molar-refractivity contribution in [1.82, 2.24) is 4.90 Å². The zero-order valence-corrected chi connectivity index (χ0v) is 11.1. The Morgan fingerprint density at radius 3 is 2.53 bits per heavy atom. The molecule has 3 amide bonds. The summed E-state index contributed by atoms with van der Waals surface area (Å²) in [4.78, 5) is 36.1. The predicted octanol–water partition coefficient (Wildman–Crippen LogP) is 1.82. The molecule has 0 bridgehead atoms. The molecule has 0 spiro atoms. The number of hydrogen-bond acceptors (Lipinski definition) is 3. The lowest BCUT2D eigenvalue weighted by Crippen LogP contribution is -2.44. The third-order valence-corrected chi connectivity index (χ3v) is 3.18. The molecule has 5 nitrogen and oxygen atoms in total. The van der Waals surface area contributed by atoms with E-state index in [1.807, 2.05) is 0 Å². The maximum Gasteiger partial charge on any atom is 0.247 e. The molecule has 1 N–H and O–H groups in total. The minimum Gasteiger partial charge on any atom is -0.324 e. The molecule has 0 aromatic heterocycles. The molecule has 0 saturated carbocycles. The van der Waals surface area contributed by atoms with E-state index in [0.717, 1.165) is 4.90 Å². The fourth-order valence-corrected chi connectivity index (χ4v) is 2.15. The van der Waals surface area contributed by atoms with Gasteiger partial charge in [-0.15, -0.1) is 0 Å². The Balaban J connectivity index is 2.07. The molecule has 19 heavy (non-hydrogen) atoms. The van der Waals surface area contributed by atoms with Crippen LogP contribution in [0.25, 0.3) is 0 Å². The number of carbonyl (C=O) groups excluding carboxylic acids is 3. The fraction of sp³-hybridized carbons (Fsp3) is 0.308. The van der Waals surface area contributed by atoms with E-state index < -0.39 is 11.9 Å². The molecule has 1 aliphatic rings. The van der Waals surface area contributed by atoms with Crippen molar-refractivity contribution in [3.8, 4) is 0 Å². The molecule has 6 heteroatoms. The molecule has 1 fully saturated rings. The molecule has 1 saturated heterocycles. The first-order valence-corrected chi connectivity index (χ1v) is 6.28. The van der Waals surface area contributed by atoms with E-state index in [0.29, 0.717) is 10.7 Å². The summed E-state index contributed by atoms with van der Waals surface area (Å²) in [5.41, 5.74) is 0.531. The van der Waals surface area contributed by atoms with Crippen LogP contribution in [0.2, 0.25) is 5.02 Å². The molecular formula is C13H13ClN2O3. The van der Waals surface area contributed by atoms with Crippen LogP contribution in [-0.2, 0) is 14.4 Å². The Bertz CT molecular complexity index is 528. The zero-order chi connectivity index (χ0) is 14.0. The second-order valence-corrected chi connectivity index (χ2v) is 4.77. The van der Waals surface area contributed by atoms with Crippen LogP contribution in [0.3, 0.4) is 0 Å². The number of nitrogens with one attached hydrogen (secondary N) is 1. The van der Waals surface area contributed by atoms with Crippen molar-refractivity contribution in [2.75, 3.05) is 5.32 Å². The van der Waals surface area contributed by atoms with Crippen LogP contribution in [0.1, 0.15) is 19.8 Å². The fourth-order valence-electron chi connectivity index (χ4n) is 1.96. The smallest absolute Gasteiger partial charge is 0.247 e. The van der Waals surface area contributed by atoms with Crippen molar-refractivity contribution in [3.63, 3.8) is 0 Å². The van der Waals surface area contributed by atoms with Crippen LogP contribution in [-0.4, -0.2) is 28.7 Å². The summed E-state index contributed by atoms with van der Waals surface area (Å²) in [6.07, 6.45) is 0.348. The first-order valence-electron chi connectivity index (χ1n) is 5.90. The molecule has 1 aliphatic heterocycles. The topological polar surface area (TPSA) is 66.5 Å². The second kappa shape index (κ2) is 5.40. The van der Waals surface area contributed by atoms with Gasteiger partial charge in [-0.2, -0.15) is 0 Å². The van der Waals surface area contributed by atoms with E-state index in [-0.39, 0.29) is 24.7 Å².